The average molecular weight is 239 g/mol. The van der Waals surface area contributed by atoms with Crippen LogP contribution in [0.25, 0.3) is 0 Å². The molecule has 0 aliphatic carbocycles. The largest absolute Gasteiger partial charge is 0.328 e. The van der Waals surface area contributed by atoms with E-state index in [0.717, 1.165) is 41.4 Å². The van der Waals surface area contributed by atoms with Gasteiger partial charge in [-0.1, -0.05) is 0 Å². The molecule has 0 fully saturated rings. The Morgan fingerprint density at radius 3 is 3.00 bits per heavy atom. The van der Waals surface area contributed by atoms with Crippen LogP contribution in [-0.2, 0) is 19.3 Å². The van der Waals surface area contributed by atoms with Gasteiger partial charge in [0.25, 0.3) is 5.56 Å². The van der Waals surface area contributed by atoms with Crippen molar-refractivity contribution in [1.82, 2.24) is 9.97 Å². The zero-order chi connectivity index (χ0) is 11.5. The van der Waals surface area contributed by atoms with Crippen molar-refractivity contribution in [3.8, 4) is 0 Å². The summed E-state index contributed by atoms with van der Waals surface area (Å²) in [6.07, 6.45) is 2.37. The van der Waals surface area contributed by atoms with Gasteiger partial charge in [0.1, 0.15) is 5.82 Å². The molecule has 1 aliphatic rings. The Bertz CT molecular complexity index is 428. The smallest absolute Gasteiger partial charge is 0.254 e. The summed E-state index contributed by atoms with van der Waals surface area (Å²) in [5, 5.41) is 0. The molecule has 2 rings (SSSR count). The molecule has 0 spiro atoms. The molecule has 1 aromatic heterocycles. The zero-order valence-corrected chi connectivity index (χ0v) is 10.3. The second kappa shape index (κ2) is 5.01. The van der Waals surface area contributed by atoms with Crippen LogP contribution in [0.3, 0.4) is 0 Å². The molecule has 3 N–H and O–H groups in total. The second-order valence-electron chi connectivity index (χ2n) is 4.23. The SMILES string of the molecule is CC(N)Cc1nc2c(c(=O)[nH]1)CCSCC2. The van der Waals surface area contributed by atoms with Gasteiger partial charge in [-0.15, -0.1) is 0 Å². The number of rotatable bonds is 2. The van der Waals surface area contributed by atoms with E-state index in [-0.39, 0.29) is 11.6 Å². The van der Waals surface area contributed by atoms with Gasteiger partial charge < -0.3 is 10.7 Å². The van der Waals surface area contributed by atoms with Crippen LogP contribution in [0.5, 0.6) is 0 Å². The summed E-state index contributed by atoms with van der Waals surface area (Å²) < 4.78 is 0. The highest BCUT2D eigenvalue weighted by Gasteiger charge is 2.14. The van der Waals surface area contributed by atoms with E-state index in [0.29, 0.717) is 6.42 Å². The minimum Gasteiger partial charge on any atom is -0.328 e. The lowest BCUT2D eigenvalue weighted by molar-refractivity contribution is 0.689. The third kappa shape index (κ3) is 2.65. The summed E-state index contributed by atoms with van der Waals surface area (Å²) in [6, 6.07) is 0.0290. The maximum Gasteiger partial charge on any atom is 0.254 e. The minimum atomic E-state index is 0.0290. The van der Waals surface area contributed by atoms with E-state index in [2.05, 4.69) is 9.97 Å². The molecule has 2 heterocycles. The molecule has 0 saturated carbocycles. The molecule has 1 unspecified atom stereocenters. The molecule has 0 bridgehead atoms. The molecule has 5 heteroatoms. The summed E-state index contributed by atoms with van der Waals surface area (Å²) in [6.45, 7) is 1.92. The Morgan fingerprint density at radius 1 is 1.50 bits per heavy atom. The number of nitrogens with two attached hydrogens (primary N) is 1. The van der Waals surface area contributed by atoms with E-state index < -0.39 is 0 Å². The van der Waals surface area contributed by atoms with E-state index in [9.17, 15) is 4.79 Å². The standard InChI is InChI=1S/C11H17N3OS/c1-7(12)6-10-13-9-3-5-16-4-2-8(9)11(15)14-10/h7H,2-6,12H2,1H3,(H,13,14,15). The van der Waals surface area contributed by atoms with Crippen LogP contribution in [0, 0.1) is 0 Å². The lowest BCUT2D eigenvalue weighted by atomic mass is 10.1. The van der Waals surface area contributed by atoms with Crippen molar-refractivity contribution in [1.29, 1.82) is 0 Å². The van der Waals surface area contributed by atoms with Crippen LogP contribution in [0.4, 0.5) is 0 Å². The van der Waals surface area contributed by atoms with Gasteiger partial charge in [0, 0.05) is 18.0 Å². The van der Waals surface area contributed by atoms with Crippen molar-refractivity contribution in [2.75, 3.05) is 11.5 Å². The summed E-state index contributed by atoms with van der Waals surface area (Å²) in [4.78, 5) is 19.2. The number of nitrogens with zero attached hydrogens (tertiary/aromatic N) is 1. The highest BCUT2D eigenvalue weighted by Crippen LogP contribution is 2.15. The number of H-pyrrole nitrogens is 1. The number of fused-ring (bicyclic) bond motifs is 1. The molecule has 0 saturated heterocycles. The maximum atomic E-state index is 11.9. The highest BCUT2D eigenvalue weighted by atomic mass is 32.2. The number of hydrogen-bond donors (Lipinski definition) is 2. The predicted molar refractivity (Wildman–Crippen MR) is 66.9 cm³/mol. The van der Waals surface area contributed by atoms with Crippen LogP contribution >= 0.6 is 11.8 Å². The molecule has 0 radical (unpaired) electrons. The Balaban J connectivity index is 2.36. The fourth-order valence-electron chi connectivity index (χ4n) is 1.91. The average Bonchev–Trinajstić information content (AvgIpc) is 2.41. The van der Waals surface area contributed by atoms with E-state index in [4.69, 9.17) is 5.73 Å². The highest BCUT2D eigenvalue weighted by molar-refractivity contribution is 7.99. The summed E-state index contributed by atoms with van der Waals surface area (Å²) in [7, 11) is 0. The number of thioether (sulfide) groups is 1. The number of aryl methyl sites for hydroxylation is 1. The van der Waals surface area contributed by atoms with Crippen LogP contribution in [0.1, 0.15) is 24.0 Å². The molecule has 0 amide bonds. The topological polar surface area (TPSA) is 71.8 Å². The molecular weight excluding hydrogens is 222 g/mol. The predicted octanol–water partition coefficient (Wildman–Crippen LogP) is 0.491. The fraction of sp³-hybridized carbons (Fsp3) is 0.636. The van der Waals surface area contributed by atoms with Crippen LogP contribution in [0.15, 0.2) is 4.79 Å². The van der Waals surface area contributed by atoms with Crippen LogP contribution in [0.2, 0.25) is 0 Å². The van der Waals surface area contributed by atoms with Crippen molar-refractivity contribution in [2.24, 2.45) is 5.73 Å². The Hall–Kier alpha value is -0.810. The quantitative estimate of drug-likeness (QED) is 0.788. The van der Waals surface area contributed by atoms with Gasteiger partial charge in [-0.2, -0.15) is 11.8 Å². The van der Waals surface area contributed by atoms with E-state index >= 15 is 0 Å². The molecule has 0 aromatic carbocycles. The number of hydrogen-bond acceptors (Lipinski definition) is 4. The first-order chi connectivity index (χ1) is 7.66. The summed E-state index contributed by atoms with van der Waals surface area (Å²) >= 11 is 1.88. The molecule has 88 valence electrons. The molecule has 4 nitrogen and oxygen atoms in total. The lowest BCUT2D eigenvalue weighted by Crippen LogP contribution is -2.25. The van der Waals surface area contributed by atoms with Gasteiger partial charge in [-0.05, 0) is 31.3 Å². The summed E-state index contributed by atoms with van der Waals surface area (Å²) in [5.41, 5.74) is 7.60. The van der Waals surface area contributed by atoms with E-state index in [1.165, 1.54) is 0 Å². The van der Waals surface area contributed by atoms with Crippen LogP contribution in [-0.4, -0.2) is 27.5 Å². The Morgan fingerprint density at radius 2 is 2.25 bits per heavy atom. The first-order valence-corrected chi connectivity index (χ1v) is 6.76. The monoisotopic (exact) mass is 239 g/mol. The van der Waals surface area contributed by atoms with Gasteiger partial charge in [0.15, 0.2) is 0 Å². The second-order valence-corrected chi connectivity index (χ2v) is 5.46. The number of aromatic nitrogens is 2. The van der Waals surface area contributed by atoms with Crippen molar-refractivity contribution in [3.05, 3.63) is 27.4 Å². The summed E-state index contributed by atoms with van der Waals surface area (Å²) in [5.74, 6) is 2.80. The third-order valence-electron chi connectivity index (χ3n) is 2.65. The Kier molecular flexibility index (Phi) is 3.66. The van der Waals surface area contributed by atoms with Crippen molar-refractivity contribution < 1.29 is 0 Å². The maximum absolute atomic E-state index is 11.9. The normalized spacial score (nSPS) is 17.6. The van der Waals surface area contributed by atoms with Gasteiger partial charge in [-0.25, -0.2) is 4.98 Å². The lowest BCUT2D eigenvalue weighted by Gasteiger charge is -2.08. The molecule has 1 aromatic rings. The van der Waals surface area contributed by atoms with Gasteiger partial charge >= 0.3 is 0 Å². The first kappa shape index (κ1) is 11.7. The number of nitrogens with one attached hydrogen (secondary N) is 1. The van der Waals surface area contributed by atoms with Crippen molar-refractivity contribution in [2.45, 2.75) is 32.2 Å². The van der Waals surface area contributed by atoms with Crippen molar-refractivity contribution >= 4 is 11.8 Å². The van der Waals surface area contributed by atoms with Gasteiger partial charge in [-0.3, -0.25) is 4.79 Å². The third-order valence-corrected chi connectivity index (χ3v) is 3.63. The molecule has 16 heavy (non-hydrogen) atoms. The van der Waals surface area contributed by atoms with Gasteiger partial charge in [0.2, 0.25) is 0 Å². The number of aromatic amines is 1. The van der Waals surface area contributed by atoms with Crippen molar-refractivity contribution in [3.63, 3.8) is 0 Å². The fourth-order valence-corrected chi connectivity index (χ4v) is 2.80. The van der Waals surface area contributed by atoms with E-state index in [1.54, 1.807) is 0 Å². The van der Waals surface area contributed by atoms with Crippen LogP contribution < -0.4 is 11.3 Å². The minimum absolute atomic E-state index is 0.0290. The molecule has 1 atom stereocenters. The first-order valence-electron chi connectivity index (χ1n) is 5.61. The zero-order valence-electron chi connectivity index (χ0n) is 9.45. The molecule has 1 aliphatic heterocycles. The Labute approximate surface area is 99.0 Å². The molecular formula is C11H17N3OS. The van der Waals surface area contributed by atoms with Gasteiger partial charge in [0.05, 0.1) is 5.69 Å². The van der Waals surface area contributed by atoms with E-state index in [1.807, 2.05) is 18.7 Å².